The Morgan fingerprint density at radius 2 is 1.84 bits per heavy atom. The lowest BCUT2D eigenvalue weighted by molar-refractivity contribution is 0.453. The Kier molecular flexibility index (Phi) is 5.00. The van der Waals surface area contributed by atoms with Gasteiger partial charge in [-0.15, -0.1) is 12.4 Å². The summed E-state index contributed by atoms with van der Waals surface area (Å²) in [6.45, 7) is 2.23. The number of aromatic nitrogens is 2. The topological polar surface area (TPSA) is 40.7 Å². The van der Waals surface area contributed by atoms with E-state index in [1.54, 1.807) is 0 Å². The molecule has 0 aliphatic carbocycles. The number of nitrogens with one attached hydrogen (secondary N) is 2. The predicted molar refractivity (Wildman–Crippen MR) is 79.9 cm³/mol. The first-order chi connectivity index (χ1) is 8.92. The maximum absolute atomic E-state index is 4.48. The van der Waals surface area contributed by atoms with Gasteiger partial charge in [-0.25, -0.2) is 0 Å². The van der Waals surface area contributed by atoms with E-state index in [2.05, 4.69) is 51.9 Å². The van der Waals surface area contributed by atoms with Crippen LogP contribution in [-0.2, 0) is 6.42 Å². The van der Waals surface area contributed by atoms with Gasteiger partial charge in [0, 0.05) is 18.0 Å². The molecule has 3 nitrogen and oxygen atoms in total. The van der Waals surface area contributed by atoms with Crippen molar-refractivity contribution >= 4 is 12.4 Å². The van der Waals surface area contributed by atoms with Crippen molar-refractivity contribution in [2.45, 2.75) is 25.2 Å². The van der Waals surface area contributed by atoms with Crippen LogP contribution >= 0.6 is 12.4 Å². The molecule has 1 aliphatic heterocycles. The van der Waals surface area contributed by atoms with E-state index in [1.165, 1.54) is 29.8 Å². The van der Waals surface area contributed by atoms with Crippen molar-refractivity contribution in [1.82, 2.24) is 15.5 Å². The van der Waals surface area contributed by atoms with E-state index < -0.39 is 0 Å². The van der Waals surface area contributed by atoms with E-state index in [0.29, 0.717) is 5.92 Å². The molecule has 19 heavy (non-hydrogen) atoms. The van der Waals surface area contributed by atoms with Gasteiger partial charge in [0.25, 0.3) is 0 Å². The average molecular weight is 278 g/mol. The van der Waals surface area contributed by atoms with Gasteiger partial charge in [-0.1, -0.05) is 30.3 Å². The molecule has 1 aromatic carbocycles. The molecule has 1 aliphatic rings. The summed E-state index contributed by atoms with van der Waals surface area (Å²) in [6, 6.07) is 12.8. The number of nitrogens with zero attached hydrogens (tertiary/aromatic N) is 1. The summed E-state index contributed by atoms with van der Waals surface area (Å²) in [5.41, 5.74) is 3.79. The van der Waals surface area contributed by atoms with Crippen LogP contribution in [0.25, 0.3) is 0 Å². The van der Waals surface area contributed by atoms with Gasteiger partial charge in [-0.3, -0.25) is 5.10 Å². The second kappa shape index (κ2) is 6.73. The number of H-pyrrole nitrogens is 1. The fourth-order valence-corrected chi connectivity index (χ4v) is 2.61. The maximum Gasteiger partial charge on any atom is 0.0656 e. The summed E-state index contributed by atoms with van der Waals surface area (Å²) in [4.78, 5) is 0. The summed E-state index contributed by atoms with van der Waals surface area (Å²) in [7, 11) is 0. The summed E-state index contributed by atoms with van der Waals surface area (Å²) >= 11 is 0. The van der Waals surface area contributed by atoms with Gasteiger partial charge in [-0.2, -0.15) is 5.10 Å². The minimum atomic E-state index is 0. The lowest BCUT2D eigenvalue weighted by Crippen LogP contribution is -2.26. The van der Waals surface area contributed by atoms with Gasteiger partial charge in [-0.05, 0) is 37.6 Å². The number of halogens is 1. The Bertz CT molecular complexity index is 489. The Morgan fingerprint density at radius 3 is 2.58 bits per heavy atom. The van der Waals surface area contributed by atoms with Crippen LogP contribution < -0.4 is 5.32 Å². The third-order valence-corrected chi connectivity index (χ3v) is 3.65. The second-order valence-corrected chi connectivity index (χ2v) is 5.00. The van der Waals surface area contributed by atoms with Gasteiger partial charge < -0.3 is 5.32 Å². The summed E-state index contributed by atoms with van der Waals surface area (Å²) < 4.78 is 0. The highest BCUT2D eigenvalue weighted by Crippen LogP contribution is 2.24. The molecule has 0 saturated carbocycles. The molecule has 102 valence electrons. The van der Waals surface area contributed by atoms with E-state index >= 15 is 0 Å². The molecule has 0 bridgehead atoms. The molecule has 0 spiro atoms. The highest BCUT2D eigenvalue weighted by atomic mass is 35.5. The molecule has 2 aromatic rings. The molecule has 1 saturated heterocycles. The Balaban J connectivity index is 0.00000133. The minimum Gasteiger partial charge on any atom is -0.317 e. The molecular formula is C15H20ClN3. The van der Waals surface area contributed by atoms with Crippen LogP contribution in [0.2, 0.25) is 0 Å². The standard InChI is InChI=1S/C15H19N3.ClH/c1-2-4-12(5-3-1)10-14-11-15(18-17-14)13-6-8-16-9-7-13;/h1-5,11,13,16H,6-10H2,(H,17,18);1H. The van der Waals surface area contributed by atoms with Crippen LogP contribution in [0.15, 0.2) is 36.4 Å². The van der Waals surface area contributed by atoms with Gasteiger partial charge in [0.1, 0.15) is 0 Å². The van der Waals surface area contributed by atoms with Gasteiger partial charge in [0.15, 0.2) is 0 Å². The first-order valence-electron chi connectivity index (χ1n) is 6.70. The zero-order valence-corrected chi connectivity index (χ0v) is 11.7. The van der Waals surface area contributed by atoms with Gasteiger partial charge >= 0.3 is 0 Å². The first kappa shape index (κ1) is 14.1. The van der Waals surface area contributed by atoms with Crippen molar-refractivity contribution in [2.24, 2.45) is 0 Å². The van der Waals surface area contributed by atoms with Crippen LogP contribution in [0.4, 0.5) is 0 Å². The zero-order valence-electron chi connectivity index (χ0n) is 10.9. The third kappa shape index (κ3) is 3.58. The quantitative estimate of drug-likeness (QED) is 0.906. The number of piperidine rings is 1. The number of hydrogen-bond acceptors (Lipinski definition) is 2. The number of aromatic amines is 1. The van der Waals surface area contributed by atoms with Gasteiger partial charge in [0.05, 0.1) is 5.69 Å². The Morgan fingerprint density at radius 1 is 1.11 bits per heavy atom. The highest BCUT2D eigenvalue weighted by molar-refractivity contribution is 5.85. The predicted octanol–water partition coefficient (Wildman–Crippen LogP) is 2.89. The molecule has 1 fully saturated rings. The molecule has 0 atom stereocenters. The normalized spacial score (nSPS) is 16.0. The van der Waals surface area contributed by atoms with Crippen LogP contribution in [-0.4, -0.2) is 23.3 Å². The monoisotopic (exact) mass is 277 g/mol. The second-order valence-electron chi connectivity index (χ2n) is 5.00. The molecule has 0 unspecified atom stereocenters. The fourth-order valence-electron chi connectivity index (χ4n) is 2.61. The lowest BCUT2D eigenvalue weighted by atomic mass is 9.94. The number of rotatable bonds is 3. The van der Waals surface area contributed by atoms with Crippen LogP contribution in [0.3, 0.4) is 0 Å². The molecule has 1 aromatic heterocycles. The Hall–Kier alpha value is -1.32. The van der Waals surface area contributed by atoms with E-state index in [0.717, 1.165) is 19.5 Å². The number of hydrogen-bond donors (Lipinski definition) is 2. The van der Waals surface area contributed by atoms with Crippen LogP contribution in [0.1, 0.15) is 35.7 Å². The SMILES string of the molecule is Cl.c1ccc(Cc2cc(C3CCNCC3)n[nH]2)cc1. The minimum absolute atomic E-state index is 0. The molecule has 4 heteroatoms. The van der Waals surface area contributed by atoms with Crippen molar-refractivity contribution < 1.29 is 0 Å². The van der Waals surface area contributed by atoms with Crippen LogP contribution in [0, 0.1) is 0 Å². The van der Waals surface area contributed by atoms with Crippen molar-refractivity contribution in [3.05, 3.63) is 53.3 Å². The molecule has 2 heterocycles. The number of benzene rings is 1. The zero-order chi connectivity index (χ0) is 12.2. The van der Waals surface area contributed by atoms with Crippen molar-refractivity contribution in [1.29, 1.82) is 0 Å². The van der Waals surface area contributed by atoms with E-state index in [-0.39, 0.29) is 12.4 Å². The molecule has 2 N–H and O–H groups in total. The maximum atomic E-state index is 4.48. The van der Waals surface area contributed by atoms with Crippen molar-refractivity contribution in [2.75, 3.05) is 13.1 Å². The molecule has 3 rings (SSSR count). The molecule has 0 amide bonds. The molecule has 0 radical (unpaired) electrons. The summed E-state index contributed by atoms with van der Waals surface area (Å²) in [5.74, 6) is 0.632. The van der Waals surface area contributed by atoms with E-state index in [1.807, 2.05) is 0 Å². The fraction of sp³-hybridized carbons (Fsp3) is 0.400. The first-order valence-corrected chi connectivity index (χ1v) is 6.70. The lowest BCUT2D eigenvalue weighted by Gasteiger charge is -2.20. The van der Waals surface area contributed by atoms with Crippen molar-refractivity contribution in [3.63, 3.8) is 0 Å². The summed E-state index contributed by atoms with van der Waals surface area (Å²) in [6.07, 6.45) is 3.35. The van der Waals surface area contributed by atoms with Gasteiger partial charge in [0.2, 0.25) is 0 Å². The van der Waals surface area contributed by atoms with Crippen molar-refractivity contribution in [3.8, 4) is 0 Å². The molecular weight excluding hydrogens is 258 g/mol. The van der Waals surface area contributed by atoms with Crippen LogP contribution in [0.5, 0.6) is 0 Å². The largest absolute Gasteiger partial charge is 0.317 e. The summed E-state index contributed by atoms with van der Waals surface area (Å²) in [5, 5.41) is 11.1. The average Bonchev–Trinajstić information content (AvgIpc) is 2.89. The van der Waals surface area contributed by atoms with E-state index in [4.69, 9.17) is 0 Å². The third-order valence-electron chi connectivity index (χ3n) is 3.65. The van der Waals surface area contributed by atoms with E-state index in [9.17, 15) is 0 Å². The smallest absolute Gasteiger partial charge is 0.0656 e. The Labute approximate surface area is 120 Å². The highest BCUT2D eigenvalue weighted by Gasteiger charge is 2.17.